The predicted molar refractivity (Wildman–Crippen MR) is 75.6 cm³/mol. The molecule has 2 aromatic carbocycles. The Hall–Kier alpha value is -1.18. The zero-order valence-corrected chi connectivity index (χ0v) is 11.0. The van der Waals surface area contributed by atoms with Crippen molar-refractivity contribution in [2.45, 2.75) is 13.3 Å². The van der Waals surface area contributed by atoms with Gasteiger partial charge in [0.2, 0.25) is 0 Å². The van der Waals surface area contributed by atoms with Crippen molar-refractivity contribution in [3.05, 3.63) is 58.1 Å². The first-order valence-electron chi connectivity index (χ1n) is 5.50. The summed E-state index contributed by atoms with van der Waals surface area (Å²) in [7, 11) is 0. The van der Waals surface area contributed by atoms with Crippen LogP contribution in [0.3, 0.4) is 0 Å². The van der Waals surface area contributed by atoms with Crippen molar-refractivity contribution < 1.29 is 0 Å². The third-order valence-electron chi connectivity index (χ3n) is 2.60. The first-order valence-corrected chi connectivity index (χ1v) is 6.26. The van der Waals surface area contributed by atoms with E-state index < -0.39 is 0 Å². The number of para-hydroxylation sites is 1. The largest absolute Gasteiger partial charge is 0.354 e. The second-order valence-electron chi connectivity index (χ2n) is 3.76. The van der Waals surface area contributed by atoms with Crippen LogP contribution in [-0.2, 0) is 6.42 Å². The molecule has 0 aliphatic carbocycles. The number of anilines is 2. The monoisotopic (exact) mass is 265 g/mol. The van der Waals surface area contributed by atoms with Gasteiger partial charge in [0.25, 0.3) is 0 Å². The Morgan fingerprint density at radius 1 is 1.00 bits per heavy atom. The van der Waals surface area contributed by atoms with Crippen molar-refractivity contribution in [2.24, 2.45) is 0 Å². The van der Waals surface area contributed by atoms with Crippen LogP contribution >= 0.6 is 23.2 Å². The van der Waals surface area contributed by atoms with Gasteiger partial charge in [-0.3, -0.25) is 0 Å². The van der Waals surface area contributed by atoms with Gasteiger partial charge in [-0.25, -0.2) is 0 Å². The average Bonchev–Trinajstić information content (AvgIpc) is 2.33. The normalized spacial score (nSPS) is 10.3. The fraction of sp³-hybridized carbons (Fsp3) is 0.143. The molecule has 3 heteroatoms. The van der Waals surface area contributed by atoms with Gasteiger partial charge >= 0.3 is 0 Å². The van der Waals surface area contributed by atoms with E-state index in [-0.39, 0.29) is 0 Å². The molecule has 0 aliphatic heterocycles. The lowest BCUT2D eigenvalue weighted by Gasteiger charge is -2.12. The molecule has 0 aliphatic rings. The van der Waals surface area contributed by atoms with Gasteiger partial charge in [-0.15, -0.1) is 0 Å². The Morgan fingerprint density at radius 2 is 1.76 bits per heavy atom. The molecule has 0 bridgehead atoms. The smallest absolute Gasteiger partial charge is 0.0655 e. The number of halogens is 2. The van der Waals surface area contributed by atoms with E-state index >= 15 is 0 Å². The summed E-state index contributed by atoms with van der Waals surface area (Å²) in [6, 6.07) is 13.6. The molecule has 0 fully saturated rings. The van der Waals surface area contributed by atoms with E-state index in [9.17, 15) is 0 Å². The summed E-state index contributed by atoms with van der Waals surface area (Å²) in [5.41, 5.74) is 3.22. The van der Waals surface area contributed by atoms with Crippen molar-refractivity contribution in [2.75, 3.05) is 5.32 Å². The number of aryl methyl sites for hydroxylation is 1. The Balaban J connectivity index is 2.31. The Kier molecular flexibility index (Phi) is 3.93. The van der Waals surface area contributed by atoms with E-state index in [1.165, 1.54) is 5.56 Å². The number of rotatable bonds is 3. The average molecular weight is 266 g/mol. The van der Waals surface area contributed by atoms with Crippen molar-refractivity contribution in [3.63, 3.8) is 0 Å². The van der Waals surface area contributed by atoms with Crippen LogP contribution in [0.15, 0.2) is 42.5 Å². The van der Waals surface area contributed by atoms with Crippen molar-refractivity contribution in [3.8, 4) is 0 Å². The van der Waals surface area contributed by atoms with Crippen molar-refractivity contribution in [1.82, 2.24) is 0 Å². The minimum Gasteiger partial charge on any atom is -0.354 e. The topological polar surface area (TPSA) is 12.0 Å². The molecular weight excluding hydrogens is 253 g/mol. The van der Waals surface area contributed by atoms with E-state index in [0.717, 1.165) is 17.8 Å². The van der Waals surface area contributed by atoms with E-state index in [0.29, 0.717) is 10.0 Å². The molecule has 0 amide bonds. The lowest BCUT2D eigenvalue weighted by atomic mass is 10.1. The molecule has 1 nitrogen and oxygen atoms in total. The highest BCUT2D eigenvalue weighted by atomic mass is 35.5. The van der Waals surface area contributed by atoms with Crippen molar-refractivity contribution >= 4 is 34.6 Å². The Bertz CT molecular complexity index is 523. The standard InChI is InChI=1S/C14H13Cl2N/c1-2-10-5-3-4-6-13(10)17-14-8-7-11(15)9-12(14)16/h3-9,17H,2H2,1H3. The van der Waals surface area contributed by atoms with Crippen LogP contribution in [0, 0.1) is 0 Å². The van der Waals surface area contributed by atoms with Crippen LogP contribution in [0.5, 0.6) is 0 Å². The first kappa shape index (κ1) is 12.3. The highest BCUT2D eigenvalue weighted by Crippen LogP contribution is 2.29. The molecule has 2 aromatic rings. The predicted octanol–water partition coefficient (Wildman–Crippen LogP) is 5.30. The second-order valence-corrected chi connectivity index (χ2v) is 4.60. The van der Waals surface area contributed by atoms with E-state index in [1.54, 1.807) is 6.07 Å². The summed E-state index contributed by atoms with van der Waals surface area (Å²) < 4.78 is 0. The molecule has 0 atom stereocenters. The number of hydrogen-bond acceptors (Lipinski definition) is 1. The van der Waals surface area contributed by atoms with Gasteiger partial charge in [0.05, 0.1) is 10.7 Å². The van der Waals surface area contributed by atoms with Gasteiger partial charge in [-0.05, 0) is 36.2 Å². The zero-order valence-electron chi connectivity index (χ0n) is 9.50. The fourth-order valence-electron chi connectivity index (χ4n) is 1.69. The van der Waals surface area contributed by atoms with Gasteiger partial charge in [0, 0.05) is 10.7 Å². The van der Waals surface area contributed by atoms with E-state index in [1.807, 2.05) is 30.3 Å². The van der Waals surface area contributed by atoms with Crippen LogP contribution < -0.4 is 5.32 Å². The van der Waals surface area contributed by atoms with Crippen LogP contribution in [-0.4, -0.2) is 0 Å². The van der Waals surface area contributed by atoms with E-state index in [4.69, 9.17) is 23.2 Å². The highest BCUT2D eigenvalue weighted by molar-refractivity contribution is 6.36. The summed E-state index contributed by atoms with van der Waals surface area (Å²) in [6.45, 7) is 2.13. The van der Waals surface area contributed by atoms with Crippen LogP contribution in [0.4, 0.5) is 11.4 Å². The molecule has 0 saturated carbocycles. The van der Waals surface area contributed by atoms with E-state index in [2.05, 4.69) is 18.3 Å². The van der Waals surface area contributed by atoms with Crippen LogP contribution in [0.1, 0.15) is 12.5 Å². The molecule has 0 unspecified atom stereocenters. The van der Waals surface area contributed by atoms with Gasteiger partial charge in [0.15, 0.2) is 0 Å². The molecule has 0 radical (unpaired) electrons. The fourth-order valence-corrected chi connectivity index (χ4v) is 2.14. The van der Waals surface area contributed by atoms with Gasteiger partial charge in [-0.2, -0.15) is 0 Å². The second kappa shape index (κ2) is 5.44. The molecule has 0 aromatic heterocycles. The molecule has 1 N–H and O–H groups in total. The third-order valence-corrected chi connectivity index (χ3v) is 3.15. The third kappa shape index (κ3) is 2.93. The maximum absolute atomic E-state index is 6.13. The molecule has 88 valence electrons. The summed E-state index contributed by atoms with van der Waals surface area (Å²) in [5.74, 6) is 0. The van der Waals surface area contributed by atoms with Crippen molar-refractivity contribution in [1.29, 1.82) is 0 Å². The number of nitrogens with one attached hydrogen (secondary N) is 1. The molecule has 17 heavy (non-hydrogen) atoms. The Morgan fingerprint density at radius 3 is 2.47 bits per heavy atom. The summed E-state index contributed by atoms with van der Waals surface area (Å²) in [4.78, 5) is 0. The lowest BCUT2D eigenvalue weighted by molar-refractivity contribution is 1.14. The minimum atomic E-state index is 0.628. The van der Waals surface area contributed by atoms with Crippen LogP contribution in [0.25, 0.3) is 0 Å². The molecule has 0 heterocycles. The first-order chi connectivity index (χ1) is 8.20. The SMILES string of the molecule is CCc1ccccc1Nc1ccc(Cl)cc1Cl. The molecule has 0 spiro atoms. The number of benzene rings is 2. The molecule has 0 saturated heterocycles. The maximum atomic E-state index is 6.13. The maximum Gasteiger partial charge on any atom is 0.0655 e. The van der Waals surface area contributed by atoms with Gasteiger partial charge < -0.3 is 5.32 Å². The number of hydrogen-bond donors (Lipinski definition) is 1. The summed E-state index contributed by atoms with van der Waals surface area (Å²) in [5, 5.41) is 4.60. The van der Waals surface area contributed by atoms with Gasteiger partial charge in [-0.1, -0.05) is 48.3 Å². The molecular formula is C14H13Cl2N. The highest BCUT2D eigenvalue weighted by Gasteiger charge is 2.04. The molecule has 2 rings (SSSR count). The summed E-state index contributed by atoms with van der Waals surface area (Å²) in [6.07, 6.45) is 0.981. The Labute approximate surface area is 111 Å². The lowest BCUT2D eigenvalue weighted by Crippen LogP contribution is -1.95. The summed E-state index contributed by atoms with van der Waals surface area (Å²) >= 11 is 12.0. The van der Waals surface area contributed by atoms with Crippen LogP contribution in [0.2, 0.25) is 10.0 Å². The van der Waals surface area contributed by atoms with Gasteiger partial charge in [0.1, 0.15) is 0 Å². The minimum absolute atomic E-state index is 0.628. The quantitative estimate of drug-likeness (QED) is 0.794. The zero-order chi connectivity index (χ0) is 12.3.